The number of Topliss-reactive ketones (excluding diaryl/α,β-unsaturated/α-hetero) is 1. The first-order valence-corrected chi connectivity index (χ1v) is 13.2. The average molecular weight is 606 g/mol. The van der Waals surface area contributed by atoms with E-state index in [4.69, 9.17) is 16.3 Å². The number of ketones is 1. The number of likely N-dealkylation sites (N-methyl/N-ethyl adjacent to an activating group) is 1. The van der Waals surface area contributed by atoms with Gasteiger partial charge in [0, 0.05) is 43.5 Å². The number of imide groups is 1. The number of piperazine rings is 1. The van der Waals surface area contributed by atoms with Crippen molar-refractivity contribution in [2.24, 2.45) is 0 Å². The van der Waals surface area contributed by atoms with Crippen LogP contribution in [0, 0.1) is 12.7 Å². The number of phenolic OH excluding ortho intramolecular Hbond substituents is 2. The van der Waals surface area contributed by atoms with Crippen LogP contribution in [0.25, 0.3) is 0 Å². The zero-order chi connectivity index (χ0) is 31.0. The van der Waals surface area contributed by atoms with Crippen molar-refractivity contribution in [2.75, 3.05) is 19.6 Å². The second kappa shape index (κ2) is 11.9. The fourth-order valence-electron chi connectivity index (χ4n) is 5.00. The third-order valence-electron chi connectivity index (χ3n) is 7.27. The Morgan fingerprint density at radius 1 is 1.21 bits per heavy atom. The van der Waals surface area contributed by atoms with Crippen molar-refractivity contribution in [3.05, 3.63) is 51.3 Å². The second-order valence-corrected chi connectivity index (χ2v) is 10.2. The lowest BCUT2D eigenvalue weighted by atomic mass is 9.64. The quantitative estimate of drug-likeness (QED) is 0.176. The molecule has 4 rings (SSSR count). The molecule has 0 saturated carbocycles. The molecule has 16 heteroatoms. The van der Waals surface area contributed by atoms with Crippen LogP contribution in [0.4, 0.5) is 9.18 Å². The molecule has 0 radical (unpaired) electrons. The number of urea groups is 1. The first-order chi connectivity index (χ1) is 19.8. The SMILES string of the molecule is CCN1CCN(C(=O)N[C@@H](C(=O)C[C@H]2Cc3ccc(C)c(C(=O)O)c3OB2O)c2c(F)cc(O)c(O)c2Cl)C(=O)C1=O. The van der Waals surface area contributed by atoms with Gasteiger partial charge in [0.25, 0.3) is 0 Å². The molecule has 222 valence electrons. The lowest BCUT2D eigenvalue weighted by Crippen LogP contribution is -2.58. The molecule has 13 nitrogen and oxygen atoms in total. The fraction of sp³-hybridized carbons (Fsp3) is 0.346. The Morgan fingerprint density at radius 2 is 1.90 bits per heavy atom. The number of aromatic hydroxyl groups is 2. The van der Waals surface area contributed by atoms with Gasteiger partial charge in [-0.3, -0.25) is 19.3 Å². The Kier molecular flexibility index (Phi) is 8.64. The van der Waals surface area contributed by atoms with Gasteiger partial charge in [0.2, 0.25) is 0 Å². The summed E-state index contributed by atoms with van der Waals surface area (Å²) < 4.78 is 20.6. The van der Waals surface area contributed by atoms with E-state index in [0.717, 1.165) is 0 Å². The van der Waals surface area contributed by atoms with E-state index in [9.17, 15) is 44.3 Å². The first kappa shape index (κ1) is 30.6. The number of rotatable bonds is 7. The molecule has 0 unspecified atom stereocenters. The molecular formula is C26H26BClFN3O10. The van der Waals surface area contributed by atoms with Crippen LogP contribution >= 0.6 is 11.6 Å². The maximum Gasteiger partial charge on any atom is 0.526 e. The van der Waals surface area contributed by atoms with Crippen molar-refractivity contribution in [1.82, 2.24) is 15.1 Å². The summed E-state index contributed by atoms with van der Waals surface area (Å²) in [6.07, 6.45) is -0.609. The number of benzene rings is 2. The van der Waals surface area contributed by atoms with Gasteiger partial charge in [-0.25, -0.2) is 14.0 Å². The van der Waals surface area contributed by atoms with Crippen molar-refractivity contribution < 1.29 is 53.4 Å². The smallest absolute Gasteiger partial charge is 0.526 e. The van der Waals surface area contributed by atoms with Crippen LogP contribution in [0.1, 0.15) is 46.4 Å². The minimum absolute atomic E-state index is 0.0189. The van der Waals surface area contributed by atoms with Gasteiger partial charge in [0.15, 0.2) is 17.3 Å². The van der Waals surface area contributed by atoms with Gasteiger partial charge in [0.1, 0.15) is 23.2 Å². The molecule has 1 saturated heterocycles. The molecule has 2 aromatic rings. The molecule has 2 atom stereocenters. The number of carboxylic acids is 1. The highest BCUT2D eigenvalue weighted by Crippen LogP contribution is 2.42. The largest absolute Gasteiger partial charge is 0.535 e. The Balaban J connectivity index is 1.66. The number of carbonyl (C=O) groups is 5. The summed E-state index contributed by atoms with van der Waals surface area (Å²) in [5, 5.41) is 41.5. The number of fused-ring (bicyclic) bond motifs is 1. The standard InChI is InChI=1S/C26H26BClFN3O10/c1-3-31-6-7-32(24(37)23(31)36)26(40)30-20(18-14(29)10-16(34)21(35)19(18)28)15(33)9-13-8-12-5-4-11(2)17(25(38)39)22(12)42-27(13)41/h4-5,10,13,20,34-35,41H,3,6-9H2,1-2H3,(H,30,40)(H,38,39)/t13-,20+/m1/s1. The van der Waals surface area contributed by atoms with Gasteiger partial charge in [0.05, 0.1) is 5.02 Å². The molecule has 0 bridgehead atoms. The molecule has 2 aliphatic rings. The number of hydrogen-bond acceptors (Lipinski definition) is 9. The number of carbonyl (C=O) groups excluding carboxylic acids is 4. The van der Waals surface area contributed by atoms with Crippen LogP contribution in [-0.2, 0) is 20.8 Å². The van der Waals surface area contributed by atoms with Gasteiger partial charge in [-0.1, -0.05) is 23.7 Å². The first-order valence-electron chi connectivity index (χ1n) is 12.8. The summed E-state index contributed by atoms with van der Waals surface area (Å²) in [4.78, 5) is 65.1. The summed E-state index contributed by atoms with van der Waals surface area (Å²) in [6, 6.07) is 0.410. The zero-order valence-corrected chi connectivity index (χ0v) is 23.1. The van der Waals surface area contributed by atoms with Gasteiger partial charge >= 0.3 is 30.9 Å². The van der Waals surface area contributed by atoms with E-state index in [-0.39, 0.29) is 37.4 Å². The predicted molar refractivity (Wildman–Crippen MR) is 144 cm³/mol. The van der Waals surface area contributed by atoms with E-state index in [2.05, 4.69) is 5.32 Å². The van der Waals surface area contributed by atoms with Gasteiger partial charge in [-0.05, 0) is 31.4 Å². The molecule has 0 spiro atoms. The van der Waals surface area contributed by atoms with Crippen LogP contribution in [0.2, 0.25) is 10.8 Å². The Labute approximate surface area is 243 Å². The third-order valence-corrected chi connectivity index (χ3v) is 7.65. The summed E-state index contributed by atoms with van der Waals surface area (Å²) >= 11 is 6.08. The minimum atomic E-state index is -1.95. The third kappa shape index (κ3) is 5.57. The molecule has 2 aliphatic heterocycles. The number of nitrogens with zero attached hydrogens (tertiary/aromatic N) is 2. The molecule has 0 aromatic heterocycles. The minimum Gasteiger partial charge on any atom is -0.535 e. The summed E-state index contributed by atoms with van der Waals surface area (Å²) in [5.41, 5.74) is -0.120. The van der Waals surface area contributed by atoms with Crippen molar-refractivity contribution >= 4 is 48.3 Å². The number of halogens is 2. The monoisotopic (exact) mass is 605 g/mol. The molecule has 2 aromatic carbocycles. The Morgan fingerprint density at radius 3 is 2.55 bits per heavy atom. The number of aryl methyl sites for hydroxylation is 1. The maximum atomic E-state index is 15.1. The maximum absolute atomic E-state index is 15.1. The van der Waals surface area contributed by atoms with Crippen LogP contribution in [0.5, 0.6) is 17.2 Å². The van der Waals surface area contributed by atoms with E-state index in [1.165, 1.54) is 11.0 Å². The second-order valence-electron chi connectivity index (χ2n) is 9.87. The zero-order valence-electron chi connectivity index (χ0n) is 22.4. The molecule has 5 N–H and O–H groups in total. The van der Waals surface area contributed by atoms with Crippen LogP contribution < -0.4 is 9.97 Å². The van der Waals surface area contributed by atoms with Crippen molar-refractivity contribution in [3.8, 4) is 17.2 Å². The Hall–Kier alpha value is -4.37. The predicted octanol–water partition coefficient (Wildman–Crippen LogP) is 1.78. The summed E-state index contributed by atoms with van der Waals surface area (Å²) in [5.74, 6) is -8.61. The molecule has 1 fully saturated rings. The van der Waals surface area contributed by atoms with E-state index in [0.29, 0.717) is 22.1 Å². The van der Waals surface area contributed by atoms with Crippen molar-refractivity contribution in [1.29, 1.82) is 0 Å². The highest BCUT2D eigenvalue weighted by molar-refractivity contribution is 6.47. The average Bonchev–Trinajstić information content (AvgIpc) is 2.92. The molecule has 4 amide bonds. The Bertz CT molecular complexity index is 1510. The summed E-state index contributed by atoms with van der Waals surface area (Å²) in [6.45, 7) is 3.21. The normalized spacial score (nSPS) is 17.5. The molecule has 0 aliphatic carbocycles. The number of phenols is 2. The summed E-state index contributed by atoms with van der Waals surface area (Å²) in [7, 11) is -1.67. The van der Waals surface area contributed by atoms with Crippen molar-refractivity contribution in [2.45, 2.75) is 38.5 Å². The lowest BCUT2D eigenvalue weighted by Gasteiger charge is -2.33. The molecule has 42 heavy (non-hydrogen) atoms. The lowest BCUT2D eigenvalue weighted by molar-refractivity contribution is -0.153. The van der Waals surface area contributed by atoms with Crippen LogP contribution in [0.15, 0.2) is 18.2 Å². The van der Waals surface area contributed by atoms with Gasteiger partial charge < -0.3 is 35.2 Å². The number of aromatic carboxylic acids is 1. The van der Waals surface area contributed by atoms with Gasteiger partial charge in [-0.15, -0.1) is 0 Å². The van der Waals surface area contributed by atoms with E-state index in [1.807, 2.05) is 0 Å². The van der Waals surface area contributed by atoms with Crippen LogP contribution in [-0.4, -0.2) is 86.5 Å². The highest BCUT2D eigenvalue weighted by Gasteiger charge is 2.42. The topological polar surface area (TPSA) is 194 Å². The van der Waals surface area contributed by atoms with E-state index >= 15 is 4.39 Å². The van der Waals surface area contributed by atoms with E-state index < -0.39 is 82.9 Å². The number of carboxylic acid groups (broad SMARTS) is 1. The molecule has 2 heterocycles. The number of amides is 4. The van der Waals surface area contributed by atoms with Crippen molar-refractivity contribution in [3.63, 3.8) is 0 Å². The number of nitrogens with one attached hydrogen (secondary N) is 1. The highest BCUT2D eigenvalue weighted by atomic mass is 35.5. The van der Waals surface area contributed by atoms with Gasteiger partial charge in [-0.2, -0.15) is 0 Å². The molecular weight excluding hydrogens is 580 g/mol. The van der Waals surface area contributed by atoms with E-state index in [1.54, 1.807) is 19.9 Å². The van der Waals surface area contributed by atoms with Crippen LogP contribution in [0.3, 0.4) is 0 Å². The number of hydrogen-bond donors (Lipinski definition) is 5. The fourth-order valence-corrected chi connectivity index (χ4v) is 5.29.